The summed E-state index contributed by atoms with van der Waals surface area (Å²) in [6.07, 6.45) is 3.60. The third kappa shape index (κ3) is 2.58. The summed E-state index contributed by atoms with van der Waals surface area (Å²) in [5.41, 5.74) is 6.86. The van der Waals surface area contributed by atoms with Crippen molar-refractivity contribution < 1.29 is 0 Å². The first-order valence-electron chi connectivity index (χ1n) is 4.76. The Balaban J connectivity index is 2.24. The van der Waals surface area contributed by atoms with Crippen molar-refractivity contribution in [1.29, 1.82) is 0 Å². The van der Waals surface area contributed by atoms with E-state index >= 15 is 0 Å². The molecule has 0 amide bonds. The van der Waals surface area contributed by atoms with Gasteiger partial charge in [-0.05, 0) is 23.8 Å². The van der Waals surface area contributed by atoms with Crippen molar-refractivity contribution in [2.75, 3.05) is 0 Å². The van der Waals surface area contributed by atoms with E-state index < -0.39 is 0 Å². The zero-order valence-corrected chi connectivity index (χ0v) is 9.08. The van der Waals surface area contributed by atoms with Crippen LogP contribution in [-0.2, 0) is 6.54 Å². The Kier molecular flexibility index (Phi) is 3.37. The molecular weight excluding hydrogens is 204 g/mol. The third-order valence-electron chi connectivity index (χ3n) is 2.07. The minimum Gasteiger partial charge on any atom is -0.326 e. The Bertz CT molecular complexity index is 429. The molecule has 3 heteroatoms. The monoisotopic (exact) mass is 216 g/mol. The van der Waals surface area contributed by atoms with E-state index in [0.29, 0.717) is 6.54 Å². The van der Waals surface area contributed by atoms with Crippen LogP contribution in [0.2, 0.25) is 0 Å². The lowest BCUT2D eigenvalue weighted by Crippen LogP contribution is -1.97. The molecular formula is C12H12N2S. The molecule has 0 saturated carbocycles. The molecule has 0 fully saturated rings. The second kappa shape index (κ2) is 4.96. The fraction of sp³-hybridized carbons (Fsp3) is 0.0833. The second-order valence-corrected chi connectivity index (χ2v) is 4.21. The molecule has 0 spiro atoms. The van der Waals surface area contributed by atoms with Gasteiger partial charge < -0.3 is 5.73 Å². The van der Waals surface area contributed by atoms with Gasteiger partial charge in [0.2, 0.25) is 0 Å². The van der Waals surface area contributed by atoms with E-state index in [1.807, 2.05) is 24.3 Å². The molecule has 0 saturated heterocycles. The van der Waals surface area contributed by atoms with Crippen LogP contribution in [-0.4, -0.2) is 4.98 Å². The number of rotatable bonds is 3. The molecule has 76 valence electrons. The fourth-order valence-electron chi connectivity index (χ4n) is 1.31. The van der Waals surface area contributed by atoms with Crippen LogP contribution in [0.25, 0.3) is 0 Å². The predicted octanol–water partition coefficient (Wildman–Crippen LogP) is 2.69. The van der Waals surface area contributed by atoms with Crippen molar-refractivity contribution >= 4 is 11.8 Å². The lowest BCUT2D eigenvalue weighted by atomic mass is 10.2. The topological polar surface area (TPSA) is 38.9 Å². The molecule has 2 aromatic rings. The van der Waals surface area contributed by atoms with Crippen LogP contribution in [0.5, 0.6) is 0 Å². The van der Waals surface area contributed by atoms with E-state index in [4.69, 9.17) is 5.73 Å². The molecule has 0 bridgehead atoms. The van der Waals surface area contributed by atoms with Gasteiger partial charge in [-0.2, -0.15) is 0 Å². The first kappa shape index (κ1) is 10.2. The highest BCUT2D eigenvalue weighted by Gasteiger charge is 2.01. The first-order chi connectivity index (χ1) is 7.40. The molecule has 2 nitrogen and oxygen atoms in total. The lowest BCUT2D eigenvalue weighted by Gasteiger charge is -2.06. The van der Waals surface area contributed by atoms with Gasteiger partial charge in [0.25, 0.3) is 0 Å². The Morgan fingerprint density at radius 2 is 1.80 bits per heavy atom. The highest BCUT2D eigenvalue weighted by atomic mass is 32.2. The predicted molar refractivity (Wildman–Crippen MR) is 62.7 cm³/mol. The highest BCUT2D eigenvalue weighted by molar-refractivity contribution is 7.99. The Hall–Kier alpha value is -1.32. The number of nitrogens with two attached hydrogens (primary N) is 1. The first-order valence-corrected chi connectivity index (χ1v) is 5.57. The largest absolute Gasteiger partial charge is 0.326 e. The summed E-state index contributed by atoms with van der Waals surface area (Å²) in [4.78, 5) is 6.39. The van der Waals surface area contributed by atoms with Gasteiger partial charge in [-0.1, -0.05) is 30.0 Å². The van der Waals surface area contributed by atoms with Crippen molar-refractivity contribution in [3.63, 3.8) is 0 Å². The van der Waals surface area contributed by atoms with Crippen LogP contribution in [0.3, 0.4) is 0 Å². The standard InChI is InChI=1S/C12H12N2S/c13-9-10-3-1-2-4-12(10)15-11-5-7-14-8-6-11/h1-8H,9,13H2. The van der Waals surface area contributed by atoms with Gasteiger partial charge in [-0.25, -0.2) is 0 Å². The van der Waals surface area contributed by atoms with E-state index in [9.17, 15) is 0 Å². The van der Waals surface area contributed by atoms with Gasteiger partial charge in [-0.3, -0.25) is 4.98 Å². The van der Waals surface area contributed by atoms with Gasteiger partial charge in [0.05, 0.1) is 0 Å². The summed E-state index contributed by atoms with van der Waals surface area (Å²) in [5.74, 6) is 0. The van der Waals surface area contributed by atoms with Crippen LogP contribution in [0.15, 0.2) is 58.6 Å². The molecule has 1 heterocycles. The summed E-state index contributed by atoms with van der Waals surface area (Å²) in [5, 5.41) is 0. The van der Waals surface area contributed by atoms with Crippen LogP contribution in [0.4, 0.5) is 0 Å². The fourth-order valence-corrected chi connectivity index (χ4v) is 2.25. The number of benzene rings is 1. The molecule has 0 aliphatic heterocycles. The average Bonchev–Trinajstić information content (AvgIpc) is 2.31. The smallest absolute Gasteiger partial charge is 0.0279 e. The normalized spacial score (nSPS) is 10.2. The van der Waals surface area contributed by atoms with Gasteiger partial charge in [0, 0.05) is 28.7 Å². The van der Waals surface area contributed by atoms with E-state index in [-0.39, 0.29) is 0 Å². The van der Waals surface area contributed by atoms with Crippen LogP contribution < -0.4 is 5.73 Å². The summed E-state index contributed by atoms with van der Waals surface area (Å²) in [6, 6.07) is 12.2. The Morgan fingerprint density at radius 3 is 2.53 bits per heavy atom. The van der Waals surface area contributed by atoms with Crippen molar-refractivity contribution in [1.82, 2.24) is 4.98 Å². The molecule has 2 N–H and O–H groups in total. The van der Waals surface area contributed by atoms with Crippen molar-refractivity contribution in [3.05, 3.63) is 54.4 Å². The SMILES string of the molecule is NCc1ccccc1Sc1ccncc1. The van der Waals surface area contributed by atoms with Crippen molar-refractivity contribution in [3.8, 4) is 0 Å². The van der Waals surface area contributed by atoms with E-state index in [2.05, 4.69) is 17.1 Å². The Morgan fingerprint density at radius 1 is 1.07 bits per heavy atom. The van der Waals surface area contributed by atoms with E-state index in [1.54, 1.807) is 24.2 Å². The van der Waals surface area contributed by atoms with Crippen LogP contribution in [0.1, 0.15) is 5.56 Å². The van der Waals surface area contributed by atoms with Crippen molar-refractivity contribution in [2.24, 2.45) is 5.73 Å². The lowest BCUT2D eigenvalue weighted by molar-refractivity contribution is 1.03. The zero-order valence-electron chi connectivity index (χ0n) is 8.26. The third-order valence-corrected chi connectivity index (χ3v) is 3.20. The van der Waals surface area contributed by atoms with E-state index in [0.717, 1.165) is 0 Å². The Labute approximate surface area is 93.5 Å². The molecule has 0 aliphatic rings. The summed E-state index contributed by atoms with van der Waals surface area (Å²) < 4.78 is 0. The van der Waals surface area contributed by atoms with Gasteiger partial charge >= 0.3 is 0 Å². The number of hydrogen-bond acceptors (Lipinski definition) is 3. The molecule has 1 aromatic carbocycles. The van der Waals surface area contributed by atoms with Gasteiger partial charge in [0.15, 0.2) is 0 Å². The van der Waals surface area contributed by atoms with Crippen LogP contribution in [0, 0.1) is 0 Å². The average molecular weight is 216 g/mol. The maximum Gasteiger partial charge on any atom is 0.0279 e. The maximum atomic E-state index is 5.68. The quantitative estimate of drug-likeness (QED) is 0.857. The molecule has 15 heavy (non-hydrogen) atoms. The minimum absolute atomic E-state index is 0.578. The second-order valence-electron chi connectivity index (χ2n) is 3.10. The number of pyridine rings is 1. The molecule has 0 aliphatic carbocycles. The van der Waals surface area contributed by atoms with Crippen LogP contribution >= 0.6 is 11.8 Å². The number of aromatic nitrogens is 1. The summed E-state index contributed by atoms with van der Waals surface area (Å²) in [7, 11) is 0. The molecule has 0 unspecified atom stereocenters. The zero-order chi connectivity index (χ0) is 10.5. The molecule has 2 rings (SSSR count). The van der Waals surface area contributed by atoms with Gasteiger partial charge in [0.1, 0.15) is 0 Å². The minimum atomic E-state index is 0.578. The molecule has 0 radical (unpaired) electrons. The van der Waals surface area contributed by atoms with Crippen molar-refractivity contribution in [2.45, 2.75) is 16.3 Å². The number of nitrogens with zero attached hydrogens (tertiary/aromatic N) is 1. The van der Waals surface area contributed by atoms with E-state index in [1.165, 1.54) is 15.4 Å². The number of hydrogen-bond donors (Lipinski definition) is 1. The van der Waals surface area contributed by atoms with Gasteiger partial charge in [-0.15, -0.1) is 0 Å². The highest BCUT2D eigenvalue weighted by Crippen LogP contribution is 2.29. The maximum absolute atomic E-state index is 5.68. The summed E-state index contributed by atoms with van der Waals surface area (Å²) >= 11 is 1.72. The molecule has 0 atom stereocenters. The summed E-state index contributed by atoms with van der Waals surface area (Å²) in [6.45, 7) is 0.578. The molecule has 1 aromatic heterocycles.